The Bertz CT molecular complexity index is 421. The third-order valence-electron chi connectivity index (χ3n) is 4.69. The van der Waals surface area contributed by atoms with Crippen molar-refractivity contribution in [2.75, 3.05) is 19.6 Å². The van der Waals surface area contributed by atoms with Gasteiger partial charge in [0.2, 0.25) is 0 Å². The zero-order chi connectivity index (χ0) is 13.2. The molecule has 104 valence electrons. The zero-order valence-electron chi connectivity index (χ0n) is 11.6. The summed E-state index contributed by atoms with van der Waals surface area (Å²) in [5, 5.41) is 4.54. The first-order valence-electron chi connectivity index (χ1n) is 7.51. The smallest absolute Gasteiger partial charge is 0.0409 e. The van der Waals surface area contributed by atoms with Gasteiger partial charge in [-0.2, -0.15) is 0 Å². The van der Waals surface area contributed by atoms with E-state index in [4.69, 9.17) is 11.6 Å². The number of benzene rings is 1. The Morgan fingerprint density at radius 3 is 3.05 bits per heavy atom. The first kappa shape index (κ1) is 13.4. The number of hydrogen-bond donors (Lipinski definition) is 1. The maximum absolute atomic E-state index is 6.14. The lowest BCUT2D eigenvalue weighted by molar-refractivity contribution is 0.228. The lowest BCUT2D eigenvalue weighted by Crippen LogP contribution is -2.40. The third kappa shape index (κ3) is 2.81. The first-order valence-corrected chi connectivity index (χ1v) is 7.88. The molecule has 2 aliphatic rings. The topological polar surface area (TPSA) is 15.3 Å². The maximum Gasteiger partial charge on any atom is 0.0409 e. The van der Waals surface area contributed by atoms with E-state index < -0.39 is 0 Å². The molecule has 19 heavy (non-hydrogen) atoms. The van der Waals surface area contributed by atoms with Crippen molar-refractivity contribution < 1.29 is 0 Å². The quantitative estimate of drug-likeness (QED) is 0.911. The van der Waals surface area contributed by atoms with Crippen molar-refractivity contribution in [2.45, 2.75) is 38.3 Å². The molecule has 0 spiro atoms. The van der Waals surface area contributed by atoms with Crippen molar-refractivity contribution >= 4 is 11.6 Å². The van der Waals surface area contributed by atoms with Crippen LogP contribution in [0.1, 0.15) is 37.8 Å². The minimum absolute atomic E-state index is 0.520. The lowest BCUT2D eigenvalue weighted by atomic mass is 9.94. The largest absolute Gasteiger partial charge is 0.312 e. The van der Waals surface area contributed by atoms with Crippen molar-refractivity contribution in [3.8, 4) is 0 Å². The van der Waals surface area contributed by atoms with Crippen LogP contribution in [0.3, 0.4) is 0 Å². The molecule has 0 radical (unpaired) electrons. The van der Waals surface area contributed by atoms with Gasteiger partial charge < -0.3 is 5.32 Å². The van der Waals surface area contributed by atoms with Gasteiger partial charge in [-0.05, 0) is 49.4 Å². The van der Waals surface area contributed by atoms with Crippen LogP contribution in [0.5, 0.6) is 0 Å². The first-order chi connectivity index (χ1) is 9.28. The van der Waals surface area contributed by atoms with Crippen LogP contribution in [-0.4, -0.2) is 30.6 Å². The highest BCUT2D eigenvalue weighted by molar-refractivity contribution is 6.30. The summed E-state index contributed by atoms with van der Waals surface area (Å²) in [7, 11) is 0. The molecule has 1 aromatic carbocycles. The third-order valence-corrected chi connectivity index (χ3v) is 4.92. The maximum atomic E-state index is 6.14. The summed E-state index contributed by atoms with van der Waals surface area (Å²) >= 11 is 6.14. The molecule has 2 saturated heterocycles. The molecule has 2 heterocycles. The van der Waals surface area contributed by atoms with E-state index in [2.05, 4.69) is 35.3 Å². The summed E-state index contributed by atoms with van der Waals surface area (Å²) in [5.74, 6) is 0.849. The number of fused-ring (bicyclic) bond motifs is 1. The van der Waals surface area contributed by atoms with Crippen LogP contribution < -0.4 is 5.32 Å². The van der Waals surface area contributed by atoms with E-state index in [0.717, 1.165) is 17.4 Å². The number of nitrogens with zero attached hydrogens (tertiary/aromatic N) is 1. The van der Waals surface area contributed by atoms with E-state index >= 15 is 0 Å². The SMILES string of the molecule is CCC(c1cccc(Cl)c1)N1C[C@@H]2CCCN[C@@H]2C1. The fourth-order valence-electron chi connectivity index (χ4n) is 3.75. The summed E-state index contributed by atoms with van der Waals surface area (Å²) in [6.45, 7) is 5.91. The summed E-state index contributed by atoms with van der Waals surface area (Å²) < 4.78 is 0. The van der Waals surface area contributed by atoms with Gasteiger partial charge in [0.1, 0.15) is 0 Å². The van der Waals surface area contributed by atoms with E-state index in [1.54, 1.807) is 0 Å². The number of halogens is 1. The highest BCUT2D eigenvalue weighted by Gasteiger charge is 2.36. The predicted molar refractivity (Wildman–Crippen MR) is 80.6 cm³/mol. The van der Waals surface area contributed by atoms with Gasteiger partial charge in [0.05, 0.1) is 0 Å². The number of nitrogens with one attached hydrogen (secondary N) is 1. The van der Waals surface area contributed by atoms with Gasteiger partial charge in [0, 0.05) is 30.2 Å². The highest BCUT2D eigenvalue weighted by Crippen LogP contribution is 2.33. The molecule has 1 aromatic rings. The van der Waals surface area contributed by atoms with Crippen LogP contribution in [0.4, 0.5) is 0 Å². The zero-order valence-corrected chi connectivity index (χ0v) is 12.4. The minimum atomic E-state index is 0.520. The normalized spacial score (nSPS) is 29.2. The van der Waals surface area contributed by atoms with Crippen LogP contribution in [0.15, 0.2) is 24.3 Å². The molecular weight excluding hydrogens is 256 g/mol. The Morgan fingerprint density at radius 2 is 2.32 bits per heavy atom. The van der Waals surface area contributed by atoms with Gasteiger partial charge in [-0.1, -0.05) is 30.7 Å². The van der Waals surface area contributed by atoms with Gasteiger partial charge in [0.25, 0.3) is 0 Å². The molecule has 0 saturated carbocycles. The van der Waals surface area contributed by atoms with Crippen molar-refractivity contribution in [3.05, 3.63) is 34.9 Å². The Hall–Kier alpha value is -0.570. The molecule has 3 heteroatoms. The Kier molecular flexibility index (Phi) is 4.11. The van der Waals surface area contributed by atoms with E-state index in [0.29, 0.717) is 12.1 Å². The molecule has 0 aliphatic carbocycles. The molecule has 2 nitrogen and oxygen atoms in total. The number of likely N-dealkylation sites (tertiary alicyclic amines) is 1. The highest BCUT2D eigenvalue weighted by atomic mass is 35.5. The molecule has 2 aliphatic heterocycles. The average Bonchev–Trinajstić information content (AvgIpc) is 2.83. The Labute approximate surface area is 121 Å². The Balaban J connectivity index is 1.76. The van der Waals surface area contributed by atoms with Gasteiger partial charge >= 0.3 is 0 Å². The fraction of sp³-hybridized carbons (Fsp3) is 0.625. The van der Waals surface area contributed by atoms with Crippen LogP contribution in [0.2, 0.25) is 5.02 Å². The lowest BCUT2D eigenvalue weighted by Gasteiger charge is -2.27. The molecular formula is C16H23ClN2. The molecule has 1 unspecified atom stereocenters. The van der Waals surface area contributed by atoms with E-state index in [1.165, 1.54) is 38.0 Å². The fourth-order valence-corrected chi connectivity index (χ4v) is 3.95. The van der Waals surface area contributed by atoms with Crippen LogP contribution in [0, 0.1) is 5.92 Å². The molecule has 2 fully saturated rings. The van der Waals surface area contributed by atoms with Crippen molar-refractivity contribution in [1.82, 2.24) is 10.2 Å². The molecule has 0 amide bonds. The minimum Gasteiger partial charge on any atom is -0.312 e. The molecule has 0 aromatic heterocycles. The number of piperidine rings is 1. The van der Waals surface area contributed by atoms with Gasteiger partial charge in [-0.3, -0.25) is 4.90 Å². The summed E-state index contributed by atoms with van der Waals surface area (Å²) in [4.78, 5) is 2.65. The van der Waals surface area contributed by atoms with Gasteiger partial charge in [0.15, 0.2) is 0 Å². The summed E-state index contributed by atoms with van der Waals surface area (Å²) in [6.07, 6.45) is 3.88. The predicted octanol–water partition coefficient (Wildman–Crippen LogP) is 3.47. The second kappa shape index (κ2) is 5.82. The second-order valence-electron chi connectivity index (χ2n) is 5.90. The van der Waals surface area contributed by atoms with Crippen LogP contribution in [-0.2, 0) is 0 Å². The molecule has 3 rings (SSSR count). The number of hydrogen-bond acceptors (Lipinski definition) is 2. The van der Waals surface area contributed by atoms with Gasteiger partial charge in [-0.25, -0.2) is 0 Å². The van der Waals surface area contributed by atoms with E-state index in [9.17, 15) is 0 Å². The molecule has 0 bridgehead atoms. The van der Waals surface area contributed by atoms with Gasteiger partial charge in [-0.15, -0.1) is 0 Å². The summed E-state index contributed by atoms with van der Waals surface area (Å²) in [5.41, 5.74) is 1.37. The van der Waals surface area contributed by atoms with Crippen molar-refractivity contribution in [2.24, 2.45) is 5.92 Å². The van der Waals surface area contributed by atoms with E-state index in [-0.39, 0.29) is 0 Å². The second-order valence-corrected chi connectivity index (χ2v) is 6.33. The summed E-state index contributed by atoms with van der Waals surface area (Å²) in [6, 6.07) is 9.61. The molecule has 1 N–H and O–H groups in total. The van der Waals surface area contributed by atoms with Crippen LogP contribution in [0.25, 0.3) is 0 Å². The monoisotopic (exact) mass is 278 g/mol. The van der Waals surface area contributed by atoms with Crippen molar-refractivity contribution in [1.29, 1.82) is 0 Å². The standard InChI is InChI=1S/C16H23ClN2/c1-2-16(12-5-3-7-14(17)9-12)19-10-13-6-4-8-18-15(13)11-19/h3,5,7,9,13,15-16,18H,2,4,6,8,10-11H2,1H3/t13-,15+,16?/m0/s1. The van der Waals surface area contributed by atoms with E-state index in [1.807, 2.05) is 6.07 Å². The van der Waals surface area contributed by atoms with Crippen molar-refractivity contribution in [3.63, 3.8) is 0 Å². The Morgan fingerprint density at radius 1 is 1.42 bits per heavy atom. The molecule has 3 atom stereocenters. The average molecular weight is 279 g/mol. The van der Waals surface area contributed by atoms with Crippen LogP contribution >= 0.6 is 11.6 Å². The number of rotatable bonds is 3.